The summed E-state index contributed by atoms with van der Waals surface area (Å²) < 4.78 is 1.71. The predicted molar refractivity (Wildman–Crippen MR) is 72.8 cm³/mol. The van der Waals surface area contributed by atoms with Crippen molar-refractivity contribution in [2.24, 2.45) is 0 Å². The Morgan fingerprint density at radius 2 is 2.32 bits per heavy atom. The predicted octanol–water partition coefficient (Wildman–Crippen LogP) is 0.332. The van der Waals surface area contributed by atoms with Gasteiger partial charge >= 0.3 is 0 Å². The van der Waals surface area contributed by atoms with E-state index in [-0.39, 0.29) is 5.91 Å². The maximum absolute atomic E-state index is 11.5. The van der Waals surface area contributed by atoms with Crippen molar-refractivity contribution in [2.75, 3.05) is 24.6 Å². The van der Waals surface area contributed by atoms with E-state index in [1.165, 1.54) is 0 Å². The number of benzene rings is 1. The molecule has 2 aromatic rings. The first-order chi connectivity index (χ1) is 9.20. The lowest BCUT2D eigenvalue weighted by molar-refractivity contribution is 0.0963. The number of amides is 1. The van der Waals surface area contributed by atoms with Gasteiger partial charge in [-0.1, -0.05) is 5.21 Å². The second kappa shape index (κ2) is 5.85. The molecule has 0 spiro atoms. The molecule has 1 heterocycles. The topological polar surface area (TPSA) is 97.9 Å². The number of anilines is 2. The van der Waals surface area contributed by atoms with Gasteiger partial charge in [0.15, 0.2) is 0 Å². The standard InChI is InChI=1S/C12H16N6O/c1-14-12(19)9-2-3-10(13)11(8-9)15-4-6-18-7-5-16-17-18/h2-3,5,7-8,15H,4,6,13H2,1H3,(H,14,19). The fraction of sp³-hybridized carbons (Fsp3) is 0.250. The van der Waals surface area contributed by atoms with Crippen molar-refractivity contribution in [3.05, 3.63) is 36.2 Å². The molecule has 0 aliphatic heterocycles. The molecule has 19 heavy (non-hydrogen) atoms. The van der Waals surface area contributed by atoms with Gasteiger partial charge in [-0.3, -0.25) is 9.48 Å². The van der Waals surface area contributed by atoms with Gasteiger partial charge in [0.25, 0.3) is 5.91 Å². The molecule has 0 aliphatic carbocycles. The number of rotatable bonds is 5. The summed E-state index contributed by atoms with van der Waals surface area (Å²) >= 11 is 0. The summed E-state index contributed by atoms with van der Waals surface area (Å²) in [6, 6.07) is 5.13. The van der Waals surface area contributed by atoms with E-state index in [1.54, 1.807) is 42.3 Å². The Balaban J connectivity index is 2.00. The highest BCUT2D eigenvalue weighted by molar-refractivity contribution is 5.96. The van der Waals surface area contributed by atoms with Gasteiger partial charge in [0.1, 0.15) is 0 Å². The Bertz CT molecular complexity index is 551. The quantitative estimate of drug-likeness (QED) is 0.673. The fourth-order valence-electron chi connectivity index (χ4n) is 1.65. The smallest absolute Gasteiger partial charge is 0.251 e. The second-order valence-electron chi connectivity index (χ2n) is 3.97. The third kappa shape index (κ3) is 3.21. The zero-order valence-electron chi connectivity index (χ0n) is 10.6. The highest BCUT2D eigenvalue weighted by Gasteiger charge is 2.06. The average Bonchev–Trinajstić information content (AvgIpc) is 2.93. The lowest BCUT2D eigenvalue weighted by atomic mass is 10.1. The van der Waals surface area contributed by atoms with Gasteiger partial charge < -0.3 is 16.4 Å². The van der Waals surface area contributed by atoms with E-state index >= 15 is 0 Å². The number of nitrogens with two attached hydrogens (primary N) is 1. The third-order valence-corrected chi connectivity index (χ3v) is 2.67. The fourth-order valence-corrected chi connectivity index (χ4v) is 1.65. The molecule has 0 aliphatic rings. The van der Waals surface area contributed by atoms with Gasteiger partial charge in [-0.15, -0.1) is 5.10 Å². The highest BCUT2D eigenvalue weighted by atomic mass is 16.1. The molecule has 0 saturated carbocycles. The van der Waals surface area contributed by atoms with Crippen molar-refractivity contribution >= 4 is 17.3 Å². The Morgan fingerprint density at radius 1 is 1.47 bits per heavy atom. The molecule has 7 heteroatoms. The zero-order chi connectivity index (χ0) is 13.7. The molecule has 0 saturated heterocycles. The van der Waals surface area contributed by atoms with Crippen molar-refractivity contribution in [3.63, 3.8) is 0 Å². The summed E-state index contributed by atoms with van der Waals surface area (Å²) in [5, 5.41) is 13.3. The van der Waals surface area contributed by atoms with Gasteiger partial charge in [-0.05, 0) is 18.2 Å². The summed E-state index contributed by atoms with van der Waals surface area (Å²) in [5.41, 5.74) is 7.77. The first-order valence-corrected chi connectivity index (χ1v) is 5.90. The Kier molecular flexibility index (Phi) is 3.97. The Morgan fingerprint density at radius 3 is 3.00 bits per heavy atom. The molecule has 1 aromatic heterocycles. The number of nitrogens with one attached hydrogen (secondary N) is 2. The van der Waals surface area contributed by atoms with Gasteiger partial charge in [0.2, 0.25) is 0 Å². The zero-order valence-corrected chi connectivity index (χ0v) is 10.6. The molecule has 0 radical (unpaired) electrons. The number of nitrogen functional groups attached to an aromatic ring is 1. The van der Waals surface area contributed by atoms with E-state index in [4.69, 9.17) is 5.73 Å². The lowest BCUT2D eigenvalue weighted by Crippen LogP contribution is -2.18. The van der Waals surface area contributed by atoms with Gasteiger partial charge in [0, 0.05) is 25.4 Å². The van der Waals surface area contributed by atoms with Crippen molar-refractivity contribution in [1.82, 2.24) is 20.3 Å². The maximum Gasteiger partial charge on any atom is 0.251 e. The van der Waals surface area contributed by atoms with Gasteiger partial charge in [-0.25, -0.2) is 0 Å². The van der Waals surface area contributed by atoms with Crippen LogP contribution in [-0.2, 0) is 6.54 Å². The molecule has 0 fully saturated rings. The van der Waals surface area contributed by atoms with Crippen molar-refractivity contribution in [2.45, 2.75) is 6.54 Å². The molecule has 1 amide bonds. The molecule has 0 unspecified atom stereocenters. The van der Waals surface area contributed by atoms with Gasteiger partial charge in [-0.2, -0.15) is 0 Å². The average molecular weight is 260 g/mol. The minimum absolute atomic E-state index is 0.140. The summed E-state index contributed by atoms with van der Waals surface area (Å²) in [7, 11) is 1.59. The number of hydrogen-bond donors (Lipinski definition) is 3. The number of hydrogen-bond acceptors (Lipinski definition) is 5. The van der Waals surface area contributed by atoms with E-state index < -0.39 is 0 Å². The number of carbonyl (C=O) groups excluding carboxylic acids is 1. The molecule has 0 atom stereocenters. The minimum atomic E-state index is -0.140. The number of aromatic nitrogens is 3. The summed E-state index contributed by atoms with van der Waals surface area (Å²) in [5.74, 6) is -0.140. The van der Waals surface area contributed by atoms with E-state index in [0.29, 0.717) is 24.3 Å². The monoisotopic (exact) mass is 260 g/mol. The summed E-state index contributed by atoms with van der Waals surface area (Å²) in [4.78, 5) is 11.5. The van der Waals surface area contributed by atoms with Crippen LogP contribution in [0.2, 0.25) is 0 Å². The third-order valence-electron chi connectivity index (χ3n) is 2.67. The number of carbonyl (C=O) groups is 1. The molecular formula is C12H16N6O. The van der Waals surface area contributed by atoms with Crippen LogP contribution in [-0.4, -0.2) is 34.5 Å². The Labute approximate surface area is 110 Å². The largest absolute Gasteiger partial charge is 0.397 e. The van der Waals surface area contributed by atoms with Crippen LogP contribution in [0.5, 0.6) is 0 Å². The second-order valence-corrected chi connectivity index (χ2v) is 3.97. The van der Waals surface area contributed by atoms with Gasteiger partial charge in [0.05, 0.1) is 24.1 Å². The lowest BCUT2D eigenvalue weighted by Gasteiger charge is -2.10. The van der Waals surface area contributed by atoms with Crippen LogP contribution in [0.4, 0.5) is 11.4 Å². The van der Waals surface area contributed by atoms with Crippen LogP contribution in [0.3, 0.4) is 0 Å². The van der Waals surface area contributed by atoms with Crippen molar-refractivity contribution < 1.29 is 4.79 Å². The van der Waals surface area contributed by atoms with E-state index in [1.807, 2.05) is 0 Å². The number of nitrogens with zero attached hydrogens (tertiary/aromatic N) is 3. The molecular weight excluding hydrogens is 244 g/mol. The molecule has 7 nitrogen and oxygen atoms in total. The molecule has 0 bridgehead atoms. The van der Waals surface area contributed by atoms with Crippen LogP contribution in [0.25, 0.3) is 0 Å². The molecule has 100 valence electrons. The van der Waals surface area contributed by atoms with Crippen molar-refractivity contribution in [3.8, 4) is 0 Å². The van der Waals surface area contributed by atoms with Crippen LogP contribution >= 0.6 is 0 Å². The van der Waals surface area contributed by atoms with Crippen LogP contribution in [0, 0.1) is 0 Å². The SMILES string of the molecule is CNC(=O)c1ccc(N)c(NCCn2ccnn2)c1. The Hall–Kier alpha value is -2.57. The normalized spacial score (nSPS) is 10.2. The highest BCUT2D eigenvalue weighted by Crippen LogP contribution is 2.19. The van der Waals surface area contributed by atoms with Crippen LogP contribution < -0.4 is 16.4 Å². The summed E-state index contributed by atoms with van der Waals surface area (Å²) in [6.45, 7) is 1.31. The van der Waals surface area contributed by atoms with E-state index in [9.17, 15) is 4.79 Å². The first kappa shape index (κ1) is 12.9. The first-order valence-electron chi connectivity index (χ1n) is 5.90. The molecule has 2 rings (SSSR count). The van der Waals surface area contributed by atoms with Crippen molar-refractivity contribution in [1.29, 1.82) is 0 Å². The van der Waals surface area contributed by atoms with Crippen LogP contribution in [0.15, 0.2) is 30.6 Å². The summed E-state index contributed by atoms with van der Waals surface area (Å²) in [6.07, 6.45) is 3.41. The van der Waals surface area contributed by atoms with Crippen LogP contribution in [0.1, 0.15) is 10.4 Å². The maximum atomic E-state index is 11.5. The van der Waals surface area contributed by atoms with E-state index in [2.05, 4.69) is 20.9 Å². The van der Waals surface area contributed by atoms with E-state index in [0.717, 1.165) is 5.69 Å². The molecule has 1 aromatic carbocycles. The minimum Gasteiger partial charge on any atom is -0.397 e. The molecule has 4 N–H and O–H groups in total.